The molecule has 0 bridgehead atoms. The maximum absolute atomic E-state index is 7.29. The van der Waals surface area contributed by atoms with Gasteiger partial charge in [-0.3, -0.25) is 10.8 Å². The standard InChI is InChI=1S/C10H13N3O/c1-8-2-4-9(5-3-8)14-6-10(12)13-7-11/h2-5,7H,6H2,1H3,(H3,11,12,13). The summed E-state index contributed by atoms with van der Waals surface area (Å²) in [5.74, 6) is 0.896. The molecule has 0 aromatic heterocycles. The smallest absolute Gasteiger partial charge is 0.145 e. The molecule has 3 N–H and O–H groups in total. The highest BCUT2D eigenvalue weighted by Gasteiger charge is 1.96. The number of aryl methyl sites for hydroxylation is 1. The number of nitrogens with one attached hydrogen (secondary N) is 3. The summed E-state index contributed by atoms with van der Waals surface area (Å²) in [7, 11) is 0. The first-order valence-corrected chi connectivity index (χ1v) is 4.25. The molecular formula is C10H13N3O. The number of ether oxygens (including phenoxy) is 1. The highest BCUT2D eigenvalue weighted by molar-refractivity contribution is 5.89. The Kier molecular flexibility index (Phi) is 3.67. The quantitative estimate of drug-likeness (QED) is 0.499. The van der Waals surface area contributed by atoms with Crippen LogP contribution in [0.3, 0.4) is 0 Å². The average molecular weight is 191 g/mol. The van der Waals surface area contributed by atoms with Gasteiger partial charge < -0.3 is 10.1 Å². The monoisotopic (exact) mass is 191 g/mol. The fourth-order valence-corrected chi connectivity index (χ4v) is 0.919. The van der Waals surface area contributed by atoms with Gasteiger partial charge in [-0.1, -0.05) is 17.7 Å². The van der Waals surface area contributed by atoms with Crippen LogP contribution in [0.1, 0.15) is 5.56 Å². The van der Waals surface area contributed by atoms with E-state index >= 15 is 0 Å². The van der Waals surface area contributed by atoms with Gasteiger partial charge in [-0.2, -0.15) is 0 Å². The molecule has 0 radical (unpaired) electrons. The number of benzene rings is 1. The SMILES string of the molecule is Cc1ccc(OCC(=N)NC=N)cc1. The van der Waals surface area contributed by atoms with Crippen molar-refractivity contribution in [1.29, 1.82) is 10.8 Å². The van der Waals surface area contributed by atoms with Crippen LogP contribution in [0.15, 0.2) is 24.3 Å². The Morgan fingerprint density at radius 2 is 2.07 bits per heavy atom. The lowest BCUT2D eigenvalue weighted by Crippen LogP contribution is -2.26. The van der Waals surface area contributed by atoms with Gasteiger partial charge in [0.25, 0.3) is 0 Å². The average Bonchev–Trinajstić information content (AvgIpc) is 2.17. The van der Waals surface area contributed by atoms with Crippen LogP contribution < -0.4 is 10.1 Å². The Morgan fingerprint density at radius 3 is 2.64 bits per heavy atom. The molecule has 4 nitrogen and oxygen atoms in total. The summed E-state index contributed by atoms with van der Waals surface area (Å²) in [6.45, 7) is 2.15. The van der Waals surface area contributed by atoms with Crippen LogP contribution in [-0.4, -0.2) is 18.8 Å². The lowest BCUT2D eigenvalue weighted by Gasteiger charge is -2.06. The fraction of sp³-hybridized carbons (Fsp3) is 0.200. The van der Waals surface area contributed by atoms with Crippen molar-refractivity contribution in [3.63, 3.8) is 0 Å². The third-order valence-corrected chi connectivity index (χ3v) is 1.65. The van der Waals surface area contributed by atoms with Crippen LogP contribution in [0.4, 0.5) is 0 Å². The van der Waals surface area contributed by atoms with Crippen LogP contribution in [0.25, 0.3) is 0 Å². The molecule has 1 aromatic carbocycles. The van der Waals surface area contributed by atoms with Crippen LogP contribution in [0.2, 0.25) is 0 Å². The Hall–Kier alpha value is -1.84. The lowest BCUT2D eigenvalue weighted by atomic mass is 10.2. The first kappa shape index (κ1) is 10.2. The number of rotatable bonds is 4. The van der Waals surface area contributed by atoms with Crippen molar-refractivity contribution in [2.45, 2.75) is 6.92 Å². The van der Waals surface area contributed by atoms with Gasteiger partial charge in [-0.15, -0.1) is 0 Å². The molecule has 0 fully saturated rings. The zero-order chi connectivity index (χ0) is 10.4. The van der Waals surface area contributed by atoms with E-state index in [1.807, 2.05) is 31.2 Å². The van der Waals surface area contributed by atoms with E-state index in [2.05, 4.69) is 5.32 Å². The van der Waals surface area contributed by atoms with E-state index in [0.717, 1.165) is 12.1 Å². The van der Waals surface area contributed by atoms with E-state index in [9.17, 15) is 0 Å². The van der Waals surface area contributed by atoms with Crippen molar-refractivity contribution in [2.24, 2.45) is 0 Å². The maximum atomic E-state index is 7.29. The maximum Gasteiger partial charge on any atom is 0.145 e. The molecule has 0 saturated heterocycles. The highest BCUT2D eigenvalue weighted by atomic mass is 16.5. The topological polar surface area (TPSA) is 69.0 Å². The first-order valence-electron chi connectivity index (χ1n) is 4.25. The second kappa shape index (κ2) is 5.01. The minimum absolute atomic E-state index is 0.151. The summed E-state index contributed by atoms with van der Waals surface area (Å²) in [6, 6.07) is 7.60. The van der Waals surface area contributed by atoms with Gasteiger partial charge in [0.1, 0.15) is 18.2 Å². The molecule has 0 aliphatic rings. The van der Waals surface area contributed by atoms with Crippen LogP contribution in [0.5, 0.6) is 5.75 Å². The zero-order valence-electron chi connectivity index (χ0n) is 8.00. The van der Waals surface area contributed by atoms with Gasteiger partial charge in [0.2, 0.25) is 0 Å². The van der Waals surface area contributed by atoms with Gasteiger partial charge in [0.15, 0.2) is 0 Å². The number of hydrogen-bond acceptors (Lipinski definition) is 3. The van der Waals surface area contributed by atoms with Crippen molar-refractivity contribution >= 4 is 12.2 Å². The predicted molar refractivity (Wildman–Crippen MR) is 56.3 cm³/mol. The summed E-state index contributed by atoms with van der Waals surface area (Å²) in [5.41, 5.74) is 1.17. The Labute approximate surface area is 82.9 Å². The molecule has 0 spiro atoms. The lowest BCUT2D eigenvalue weighted by molar-refractivity contribution is 0.373. The summed E-state index contributed by atoms with van der Waals surface area (Å²) in [4.78, 5) is 0. The summed E-state index contributed by atoms with van der Waals surface area (Å²) >= 11 is 0. The number of amidine groups is 1. The number of hydrogen-bond donors (Lipinski definition) is 3. The van der Waals surface area contributed by atoms with Crippen LogP contribution in [-0.2, 0) is 0 Å². The van der Waals surface area contributed by atoms with E-state index in [1.54, 1.807) is 0 Å². The molecule has 0 unspecified atom stereocenters. The van der Waals surface area contributed by atoms with Crippen molar-refractivity contribution in [3.05, 3.63) is 29.8 Å². The van der Waals surface area contributed by atoms with Crippen molar-refractivity contribution in [3.8, 4) is 5.75 Å². The molecule has 0 amide bonds. The van der Waals surface area contributed by atoms with Crippen LogP contribution in [0, 0.1) is 17.7 Å². The summed E-state index contributed by atoms with van der Waals surface area (Å²) in [5, 5.41) is 16.4. The van der Waals surface area contributed by atoms with E-state index in [1.165, 1.54) is 5.56 Å². The molecule has 1 aromatic rings. The van der Waals surface area contributed by atoms with E-state index < -0.39 is 0 Å². The summed E-state index contributed by atoms with van der Waals surface area (Å²) < 4.78 is 5.28. The zero-order valence-corrected chi connectivity index (χ0v) is 8.00. The second-order valence-electron chi connectivity index (χ2n) is 2.87. The van der Waals surface area contributed by atoms with Gasteiger partial charge in [0.05, 0.1) is 6.34 Å². The summed E-state index contributed by atoms with van der Waals surface area (Å²) in [6.07, 6.45) is 0.959. The molecule has 0 heterocycles. The van der Waals surface area contributed by atoms with Crippen LogP contribution >= 0.6 is 0 Å². The minimum Gasteiger partial charge on any atom is -0.486 e. The van der Waals surface area contributed by atoms with Gasteiger partial charge in [-0.05, 0) is 19.1 Å². The Balaban J connectivity index is 2.41. The molecule has 1 rings (SSSR count). The Morgan fingerprint density at radius 1 is 1.43 bits per heavy atom. The third-order valence-electron chi connectivity index (χ3n) is 1.65. The van der Waals surface area contributed by atoms with Crippen molar-refractivity contribution in [2.75, 3.05) is 6.61 Å². The van der Waals surface area contributed by atoms with E-state index in [0.29, 0.717) is 0 Å². The molecule has 0 aliphatic heterocycles. The van der Waals surface area contributed by atoms with Crippen molar-refractivity contribution in [1.82, 2.24) is 5.32 Å². The van der Waals surface area contributed by atoms with Crippen molar-refractivity contribution < 1.29 is 4.74 Å². The largest absolute Gasteiger partial charge is 0.486 e. The second-order valence-corrected chi connectivity index (χ2v) is 2.87. The predicted octanol–water partition coefficient (Wildman–Crippen LogP) is 1.55. The molecule has 74 valence electrons. The minimum atomic E-state index is 0.151. The van der Waals surface area contributed by atoms with E-state index in [-0.39, 0.29) is 12.4 Å². The van der Waals surface area contributed by atoms with Gasteiger partial charge >= 0.3 is 0 Å². The Bertz CT molecular complexity index is 319. The fourth-order valence-electron chi connectivity index (χ4n) is 0.919. The molecule has 0 saturated carbocycles. The van der Waals surface area contributed by atoms with Gasteiger partial charge in [0, 0.05) is 0 Å². The van der Waals surface area contributed by atoms with E-state index in [4.69, 9.17) is 15.6 Å². The molecular weight excluding hydrogens is 178 g/mol. The molecule has 4 heteroatoms. The highest BCUT2D eigenvalue weighted by Crippen LogP contribution is 2.10. The molecule has 14 heavy (non-hydrogen) atoms. The first-order chi connectivity index (χ1) is 6.72. The van der Waals surface area contributed by atoms with Gasteiger partial charge in [-0.25, -0.2) is 0 Å². The molecule has 0 atom stereocenters. The molecule has 0 aliphatic carbocycles. The third kappa shape index (κ3) is 3.26. The normalized spacial score (nSPS) is 9.21.